The molecule has 0 spiro atoms. The van der Waals surface area contributed by atoms with Crippen molar-refractivity contribution in [2.45, 2.75) is 17.9 Å². The Kier molecular flexibility index (Phi) is 6.79. The summed E-state index contributed by atoms with van der Waals surface area (Å²) in [5, 5.41) is 3.04. The van der Waals surface area contributed by atoms with Crippen LogP contribution in [-0.2, 0) is 14.8 Å². The topological polar surface area (TPSA) is 84.9 Å². The first kappa shape index (κ1) is 21.6. The van der Waals surface area contributed by atoms with Gasteiger partial charge in [0, 0.05) is 13.1 Å². The Balaban J connectivity index is 1.80. The monoisotopic (exact) mass is 438 g/mol. The fourth-order valence-corrected chi connectivity index (χ4v) is 4.66. The van der Waals surface area contributed by atoms with Crippen LogP contribution in [0.4, 0.5) is 0 Å². The van der Waals surface area contributed by atoms with Crippen molar-refractivity contribution in [1.29, 1.82) is 0 Å². The highest BCUT2D eigenvalue weighted by molar-refractivity contribution is 7.89. The van der Waals surface area contributed by atoms with Crippen LogP contribution in [-0.4, -0.2) is 52.0 Å². The van der Waals surface area contributed by atoms with E-state index >= 15 is 0 Å². The van der Waals surface area contributed by atoms with E-state index in [0.29, 0.717) is 13.2 Å². The van der Waals surface area contributed by atoms with E-state index in [1.807, 2.05) is 19.1 Å². The number of methoxy groups -OCH3 is 1. The number of nitrogens with one attached hydrogen (secondary N) is 1. The number of hydrogen-bond acceptors (Lipinski definition) is 5. The average molecular weight is 439 g/mol. The molecule has 1 heterocycles. The molecule has 3 rings (SSSR count). The van der Waals surface area contributed by atoms with Gasteiger partial charge in [-0.25, -0.2) is 8.42 Å². The van der Waals surface area contributed by atoms with Gasteiger partial charge in [0.25, 0.3) is 5.91 Å². The van der Waals surface area contributed by atoms with Gasteiger partial charge in [-0.1, -0.05) is 23.7 Å². The second-order valence-electron chi connectivity index (χ2n) is 6.63. The van der Waals surface area contributed by atoms with Crippen LogP contribution in [0.25, 0.3) is 0 Å². The highest BCUT2D eigenvalue weighted by Crippen LogP contribution is 2.25. The van der Waals surface area contributed by atoms with Crippen LogP contribution in [0.3, 0.4) is 0 Å². The minimum Gasteiger partial charge on any atom is -0.497 e. The fraction of sp³-hybridized carbons (Fsp3) is 0.350. The highest BCUT2D eigenvalue weighted by Gasteiger charge is 2.27. The van der Waals surface area contributed by atoms with Gasteiger partial charge < -0.3 is 14.8 Å². The van der Waals surface area contributed by atoms with Gasteiger partial charge in [0.2, 0.25) is 10.0 Å². The van der Waals surface area contributed by atoms with Crippen LogP contribution in [0.1, 0.15) is 28.9 Å². The van der Waals surface area contributed by atoms with Crippen molar-refractivity contribution in [3.63, 3.8) is 0 Å². The molecule has 1 saturated heterocycles. The van der Waals surface area contributed by atoms with Crippen LogP contribution < -0.4 is 10.1 Å². The second kappa shape index (κ2) is 9.13. The molecule has 1 N–H and O–H groups in total. The van der Waals surface area contributed by atoms with Gasteiger partial charge in [0.15, 0.2) is 0 Å². The van der Waals surface area contributed by atoms with E-state index in [2.05, 4.69) is 5.32 Å². The van der Waals surface area contributed by atoms with Crippen molar-refractivity contribution in [1.82, 2.24) is 9.62 Å². The zero-order chi connectivity index (χ0) is 21.0. The van der Waals surface area contributed by atoms with Gasteiger partial charge in [-0.05, 0) is 42.8 Å². The fourth-order valence-electron chi connectivity index (χ4n) is 3.03. The van der Waals surface area contributed by atoms with E-state index in [1.165, 1.54) is 22.5 Å². The summed E-state index contributed by atoms with van der Waals surface area (Å²) in [6.07, 6.45) is 0. The molecule has 1 amide bonds. The van der Waals surface area contributed by atoms with Crippen LogP contribution >= 0.6 is 11.6 Å². The summed E-state index contributed by atoms with van der Waals surface area (Å²) in [6.45, 7) is 3.09. The van der Waals surface area contributed by atoms with Crippen molar-refractivity contribution in [2.75, 3.05) is 33.4 Å². The van der Waals surface area contributed by atoms with Gasteiger partial charge in [-0.3, -0.25) is 4.79 Å². The first-order valence-electron chi connectivity index (χ1n) is 9.15. The van der Waals surface area contributed by atoms with Crippen molar-refractivity contribution < 1.29 is 22.7 Å². The molecule has 1 aliphatic heterocycles. The smallest absolute Gasteiger partial charge is 0.253 e. The number of sulfonamides is 1. The lowest BCUT2D eigenvalue weighted by Crippen LogP contribution is -2.40. The van der Waals surface area contributed by atoms with E-state index in [1.54, 1.807) is 19.2 Å². The number of hydrogen-bond donors (Lipinski definition) is 1. The maximum Gasteiger partial charge on any atom is 0.253 e. The molecule has 2 aromatic carbocycles. The third-order valence-corrected chi connectivity index (χ3v) is 6.98. The van der Waals surface area contributed by atoms with Crippen LogP contribution in [0.2, 0.25) is 5.02 Å². The minimum atomic E-state index is -3.72. The molecule has 0 aromatic heterocycles. The third kappa shape index (κ3) is 4.90. The lowest BCUT2D eigenvalue weighted by molar-refractivity contribution is 0.0730. The maximum atomic E-state index is 12.9. The average Bonchev–Trinajstić information content (AvgIpc) is 2.74. The Labute approximate surface area is 175 Å². The van der Waals surface area contributed by atoms with E-state index in [9.17, 15) is 13.2 Å². The number of morpholine rings is 1. The summed E-state index contributed by atoms with van der Waals surface area (Å²) in [7, 11) is -2.14. The zero-order valence-electron chi connectivity index (χ0n) is 16.2. The normalized spacial score (nSPS) is 16.2. The summed E-state index contributed by atoms with van der Waals surface area (Å²) in [6, 6.07) is 11.2. The molecule has 2 aromatic rings. The first-order valence-corrected chi connectivity index (χ1v) is 11.0. The Bertz CT molecular complexity index is 973. The lowest BCUT2D eigenvalue weighted by atomic mass is 10.1. The molecular weight excluding hydrogens is 416 g/mol. The Morgan fingerprint density at radius 3 is 2.45 bits per heavy atom. The zero-order valence-corrected chi connectivity index (χ0v) is 17.8. The SMILES string of the molecule is COc1ccc([C@@H](C)NC(=O)c2cc(S(=O)(=O)N3CCOCC3)ccc2Cl)cc1. The van der Waals surface area contributed by atoms with Gasteiger partial charge >= 0.3 is 0 Å². The Hall–Kier alpha value is -2.13. The third-order valence-electron chi connectivity index (χ3n) is 4.75. The van der Waals surface area contributed by atoms with E-state index < -0.39 is 15.9 Å². The van der Waals surface area contributed by atoms with Gasteiger partial charge in [-0.15, -0.1) is 0 Å². The molecule has 29 heavy (non-hydrogen) atoms. The Morgan fingerprint density at radius 1 is 1.17 bits per heavy atom. The predicted molar refractivity (Wildman–Crippen MR) is 110 cm³/mol. The first-order chi connectivity index (χ1) is 13.8. The number of benzene rings is 2. The molecule has 0 unspecified atom stereocenters. The van der Waals surface area contributed by atoms with Gasteiger partial charge in [-0.2, -0.15) is 4.31 Å². The summed E-state index contributed by atoms with van der Waals surface area (Å²) < 4.78 is 37.4. The molecule has 0 bridgehead atoms. The van der Waals surface area contributed by atoms with Crippen molar-refractivity contribution in [3.8, 4) is 5.75 Å². The molecule has 7 nitrogen and oxygen atoms in total. The quantitative estimate of drug-likeness (QED) is 0.749. The molecule has 0 radical (unpaired) electrons. The molecular formula is C20H23ClN2O5S. The summed E-state index contributed by atoms with van der Waals surface area (Å²) in [4.78, 5) is 12.8. The number of halogens is 1. The molecule has 156 valence electrons. The molecule has 9 heteroatoms. The summed E-state index contributed by atoms with van der Waals surface area (Å²) >= 11 is 6.19. The summed E-state index contributed by atoms with van der Waals surface area (Å²) in [5.41, 5.74) is 0.994. The largest absolute Gasteiger partial charge is 0.497 e. The van der Waals surface area contributed by atoms with E-state index in [0.717, 1.165) is 11.3 Å². The number of ether oxygens (including phenoxy) is 2. The minimum absolute atomic E-state index is 0.0334. The number of nitrogens with zero attached hydrogens (tertiary/aromatic N) is 1. The van der Waals surface area contributed by atoms with E-state index in [-0.39, 0.29) is 34.6 Å². The Morgan fingerprint density at radius 2 is 1.83 bits per heavy atom. The number of amides is 1. The van der Waals surface area contributed by atoms with Gasteiger partial charge in [0.1, 0.15) is 5.75 Å². The summed E-state index contributed by atoms with van der Waals surface area (Å²) in [5.74, 6) is 0.272. The van der Waals surface area contributed by atoms with Crippen LogP contribution in [0, 0.1) is 0 Å². The molecule has 1 atom stereocenters. The number of rotatable bonds is 6. The van der Waals surface area contributed by atoms with E-state index in [4.69, 9.17) is 21.1 Å². The van der Waals surface area contributed by atoms with Crippen molar-refractivity contribution in [3.05, 3.63) is 58.6 Å². The van der Waals surface area contributed by atoms with Crippen LogP contribution in [0.15, 0.2) is 47.4 Å². The molecule has 0 aliphatic carbocycles. The van der Waals surface area contributed by atoms with Gasteiger partial charge in [0.05, 0.1) is 41.8 Å². The van der Waals surface area contributed by atoms with Crippen LogP contribution in [0.5, 0.6) is 5.75 Å². The molecule has 0 saturated carbocycles. The molecule has 1 fully saturated rings. The number of carbonyl (C=O) groups is 1. The standard InChI is InChI=1S/C20H23ClN2O5S/c1-14(15-3-5-16(27-2)6-4-15)22-20(24)18-13-17(7-8-19(18)21)29(25,26)23-9-11-28-12-10-23/h3-8,13-14H,9-12H2,1-2H3,(H,22,24)/t14-/m1/s1. The number of carbonyl (C=O) groups excluding carboxylic acids is 1. The van der Waals surface area contributed by atoms with Crippen molar-refractivity contribution in [2.24, 2.45) is 0 Å². The second-order valence-corrected chi connectivity index (χ2v) is 8.97. The predicted octanol–water partition coefficient (Wildman–Crippen LogP) is 2.86. The maximum absolute atomic E-state index is 12.9. The molecule has 1 aliphatic rings. The van der Waals surface area contributed by atoms with Crippen molar-refractivity contribution >= 4 is 27.5 Å². The lowest BCUT2D eigenvalue weighted by Gasteiger charge is -2.26. The highest BCUT2D eigenvalue weighted by atomic mass is 35.5.